The summed E-state index contributed by atoms with van der Waals surface area (Å²) in [5.41, 5.74) is 3.03. The molecule has 1 atom stereocenters. The van der Waals surface area contributed by atoms with Gasteiger partial charge in [0.2, 0.25) is 0 Å². The maximum absolute atomic E-state index is 13.2. The molecule has 0 spiro atoms. The van der Waals surface area contributed by atoms with Gasteiger partial charge < -0.3 is 4.74 Å². The fraction of sp³-hybridized carbons (Fsp3) is 0.167. The normalized spacial score (nSPS) is 12.8. The first-order chi connectivity index (χ1) is 13.6. The summed E-state index contributed by atoms with van der Waals surface area (Å²) >= 11 is 0. The number of hydrogen-bond acceptors (Lipinski definition) is 3. The molecule has 3 nitrogen and oxygen atoms in total. The van der Waals surface area contributed by atoms with Gasteiger partial charge in [-0.1, -0.05) is 78.4 Å². The lowest BCUT2D eigenvalue weighted by Crippen LogP contribution is -2.22. The zero-order valence-electron chi connectivity index (χ0n) is 15.9. The molecule has 0 fully saturated rings. The van der Waals surface area contributed by atoms with Gasteiger partial charge in [0.1, 0.15) is 6.61 Å². The first-order valence-corrected chi connectivity index (χ1v) is 10.8. The van der Waals surface area contributed by atoms with Crippen molar-refractivity contribution in [3.05, 3.63) is 114 Å². The van der Waals surface area contributed by atoms with Crippen molar-refractivity contribution >= 4 is 9.84 Å². The third-order valence-electron chi connectivity index (χ3n) is 4.51. The third-order valence-corrected chi connectivity index (χ3v) is 6.56. The minimum atomic E-state index is -3.53. The SMILES string of the molecule is Cc1ccc(S(=O)(=O)C(/C=C\OCc2ccccc2)Cc2ccccc2)cc1. The Morgan fingerprint density at radius 2 is 1.39 bits per heavy atom. The zero-order chi connectivity index (χ0) is 19.8. The smallest absolute Gasteiger partial charge is 0.185 e. The Morgan fingerprint density at radius 3 is 2.00 bits per heavy atom. The van der Waals surface area contributed by atoms with E-state index in [1.807, 2.05) is 79.7 Å². The van der Waals surface area contributed by atoms with Gasteiger partial charge in [0, 0.05) is 0 Å². The summed E-state index contributed by atoms with van der Waals surface area (Å²) in [6, 6.07) is 26.4. The van der Waals surface area contributed by atoms with E-state index in [9.17, 15) is 8.42 Å². The molecule has 3 rings (SSSR count). The van der Waals surface area contributed by atoms with Crippen molar-refractivity contribution in [1.29, 1.82) is 0 Å². The van der Waals surface area contributed by atoms with Crippen LogP contribution in [0.1, 0.15) is 16.7 Å². The summed E-state index contributed by atoms with van der Waals surface area (Å²) in [6.45, 7) is 2.34. The fourth-order valence-electron chi connectivity index (χ4n) is 2.89. The maximum atomic E-state index is 13.2. The molecule has 144 valence electrons. The lowest BCUT2D eigenvalue weighted by molar-refractivity contribution is 0.235. The Hall–Kier alpha value is -2.85. The number of ether oxygens (including phenoxy) is 1. The quantitative estimate of drug-likeness (QED) is 0.500. The van der Waals surface area contributed by atoms with E-state index < -0.39 is 15.1 Å². The van der Waals surface area contributed by atoms with Gasteiger partial charge in [-0.25, -0.2) is 8.42 Å². The molecule has 0 aliphatic heterocycles. The summed E-state index contributed by atoms with van der Waals surface area (Å²) in [5, 5.41) is -0.701. The number of benzene rings is 3. The average molecular weight is 393 g/mol. The molecule has 0 bridgehead atoms. The predicted octanol–water partition coefficient (Wildman–Crippen LogP) is 5.11. The van der Waals surface area contributed by atoms with Crippen LogP contribution >= 0.6 is 0 Å². The summed E-state index contributed by atoms with van der Waals surface area (Å²) < 4.78 is 32.0. The van der Waals surface area contributed by atoms with Gasteiger partial charge in [-0.05, 0) is 42.7 Å². The second-order valence-corrected chi connectivity index (χ2v) is 8.88. The van der Waals surface area contributed by atoms with Crippen LogP contribution in [0, 0.1) is 6.92 Å². The lowest BCUT2D eigenvalue weighted by atomic mass is 10.1. The van der Waals surface area contributed by atoms with Crippen LogP contribution in [0.15, 0.2) is 102 Å². The van der Waals surface area contributed by atoms with Crippen molar-refractivity contribution in [1.82, 2.24) is 0 Å². The number of aryl methyl sites for hydroxylation is 1. The summed E-state index contributed by atoms with van der Waals surface area (Å²) in [7, 11) is -3.53. The summed E-state index contributed by atoms with van der Waals surface area (Å²) in [6.07, 6.45) is 3.54. The van der Waals surface area contributed by atoms with E-state index in [0.717, 1.165) is 16.7 Å². The number of hydrogen-bond donors (Lipinski definition) is 0. The molecule has 0 radical (unpaired) electrons. The molecule has 3 aromatic rings. The molecular weight excluding hydrogens is 368 g/mol. The average Bonchev–Trinajstić information content (AvgIpc) is 2.72. The zero-order valence-corrected chi connectivity index (χ0v) is 16.7. The fourth-order valence-corrected chi connectivity index (χ4v) is 4.44. The van der Waals surface area contributed by atoms with Crippen molar-refractivity contribution in [3.63, 3.8) is 0 Å². The minimum Gasteiger partial charge on any atom is -0.497 e. The van der Waals surface area contributed by atoms with Gasteiger partial charge in [0.05, 0.1) is 16.4 Å². The van der Waals surface area contributed by atoms with E-state index in [2.05, 4.69) is 0 Å². The van der Waals surface area contributed by atoms with Crippen molar-refractivity contribution in [2.24, 2.45) is 0 Å². The van der Waals surface area contributed by atoms with Crippen LogP contribution in [0.2, 0.25) is 0 Å². The molecule has 28 heavy (non-hydrogen) atoms. The largest absolute Gasteiger partial charge is 0.497 e. The molecule has 0 aliphatic rings. The van der Waals surface area contributed by atoms with Crippen LogP contribution in [0.3, 0.4) is 0 Å². The van der Waals surface area contributed by atoms with Crippen molar-refractivity contribution < 1.29 is 13.2 Å². The molecule has 0 saturated heterocycles. The molecule has 0 N–H and O–H groups in total. The second kappa shape index (κ2) is 9.38. The molecule has 4 heteroatoms. The van der Waals surface area contributed by atoms with Crippen molar-refractivity contribution in [3.8, 4) is 0 Å². The van der Waals surface area contributed by atoms with Gasteiger partial charge >= 0.3 is 0 Å². The van der Waals surface area contributed by atoms with E-state index in [0.29, 0.717) is 17.9 Å². The predicted molar refractivity (Wildman–Crippen MR) is 113 cm³/mol. The minimum absolute atomic E-state index is 0.326. The van der Waals surface area contributed by atoms with Gasteiger partial charge in [0.25, 0.3) is 0 Å². The topological polar surface area (TPSA) is 43.4 Å². The Kier molecular flexibility index (Phi) is 6.66. The van der Waals surface area contributed by atoms with Gasteiger partial charge in [-0.3, -0.25) is 0 Å². The van der Waals surface area contributed by atoms with E-state index >= 15 is 0 Å². The maximum Gasteiger partial charge on any atom is 0.185 e. The first kappa shape index (κ1) is 19.9. The molecule has 0 aliphatic carbocycles. The standard InChI is InChI=1S/C24H24O3S/c1-20-12-14-23(15-13-20)28(25,26)24(18-21-8-4-2-5-9-21)16-17-27-19-22-10-6-3-7-11-22/h2-17,24H,18-19H2,1H3/b17-16-. The van der Waals surface area contributed by atoms with Gasteiger partial charge in [-0.15, -0.1) is 0 Å². The van der Waals surface area contributed by atoms with Crippen LogP contribution in [-0.2, 0) is 27.6 Å². The molecule has 1 unspecified atom stereocenters. The van der Waals surface area contributed by atoms with Crippen LogP contribution in [-0.4, -0.2) is 13.7 Å². The number of sulfone groups is 1. The Labute approximate surface area is 167 Å². The van der Waals surface area contributed by atoms with Crippen molar-refractivity contribution in [2.75, 3.05) is 0 Å². The number of rotatable bonds is 8. The van der Waals surface area contributed by atoms with Crippen LogP contribution < -0.4 is 0 Å². The molecule has 3 aromatic carbocycles. The van der Waals surface area contributed by atoms with Crippen LogP contribution in [0.25, 0.3) is 0 Å². The highest BCUT2D eigenvalue weighted by Gasteiger charge is 2.25. The van der Waals surface area contributed by atoms with E-state index in [1.165, 1.54) is 6.26 Å². The van der Waals surface area contributed by atoms with Gasteiger partial charge in [-0.2, -0.15) is 0 Å². The Bertz CT molecular complexity index is 993. The van der Waals surface area contributed by atoms with E-state index in [1.54, 1.807) is 18.2 Å². The molecule has 0 heterocycles. The Balaban J connectivity index is 1.80. The van der Waals surface area contributed by atoms with Crippen molar-refractivity contribution in [2.45, 2.75) is 30.1 Å². The van der Waals surface area contributed by atoms with Crippen LogP contribution in [0.4, 0.5) is 0 Å². The third kappa shape index (κ3) is 5.33. The summed E-state index contributed by atoms with van der Waals surface area (Å²) in [5.74, 6) is 0. The highest BCUT2D eigenvalue weighted by Crippen LogP contribution is 2.21. The lowest BCUT2D eigenvalue weighted by Gasteiger charge is -2.15. The monoisotopic (exact) mass is 392 g/mol. The molecular formula is C24H24O3S. The van der Waals surface area contributed by atoms with E-state index in [-0.39, 0.29) is 0 Å². The summed E-state index contributed by atoms with van der Waals surface area (Å²) in [4.78, 5) is 0.326. The molecule has 0 aromatic heterocycles. The van der Waals surface area contributed by atoms with Crippen LogP contribution in [0.5, 0.6) is 0 Å². The molecule has 0 amide bonds. The highest BCUT2D eigenvalue weighted by molar-refractivity contribution is 7.92. The second-order valence-electron chi connectivity index (χ2n) is 6.71. The Morgan fingerprint density at radius 1 is 0.821 bits per heavy atom. The molecule has 0 saturated carbocycles. The van der Waals surface area contributed by atoms with E-state index in [4.69, 9.17) is 4.74 Å². The highest BCUT2D eigenvalue weighted by atomic mass is 32.2. The first-order valence-electron chi connectivity index (χ1n) is 9.22. The van der Waals surface area contributed by atoms with Gasteiger partial charge in [0.15, 0.2) is 9.84 Å².